The molecule has 1 aromatic rings. The Morgan fingerprint density at radius 2 is 1.86 bits per heavy atom. The lowest BCUT2D eigenvalue weighted by Crippen LogP contribution is -2.39. The molecule has 1 heterocycles. The zero-order valence-electron chi connectivity index (χ0n) is 14.3. The number of hydrogen-bond donors (Lipinski definition) is 1. The summed E-state index contributed by atoms with van der Waals surface area (Å²) >= 11 is 0. The first-order valence-corrected chi connectivity index (χ1v) is 8.55. The lowest BCUT2D eigenvalue weighted by atomic mass is 9.98. The van der Waals surface area contributed by atoms with E-state index < -0.39 is 0 Å². The molecule has 2 rings (SSSR count). The van der Waals surface area contributed by atoms with E-state index in [1.807, 2.05) is 0 Å². The first-order valence-electron chi connectivity index (χ1n) is 8.55. The maximum Gasteiger partial charge on any atom is 0.0239 e. The third kappa shape index (κ3) is 5.12. The number of piperidine rings is 1. The number of likely N-dealkylation sites (tertiary alicyclic amines) is 1. The van der Waals surface area contributed by atoms with Crippen LogP contribution in [0.5, 0.6) is 0 Å². The zero-order chi connectivity index (χ0) is 15.3. The van der Waals surface area contributed by atoms with E-state index >= 15 is 0 Å². The minimum Gasteiger partial charge on any atom is -0.308 e. The first-order chi connectivity index (χ1) is 9.99. The van der Waals surface area contributed by atoms with E-state index in [2.05, 4.69) is 62.2 Å². The average molecular weight is 288 g/mol. The van der Waals surface area contributed by atoms with Gasteiger partial charge in [-0.2, -0.15) is 0 Å². The molecule has 21 heavy (non-hydrogen) atoms. The Bertz CT molecular complexity index is 433. The Balaban J connectivity index is 2.05. The van der Waals surface area contributed by atoms with Gasteiger partial charge in [0.25, 0.3) is 0 Å². The molecule has 2 nitrogen and oxygen atoms in total. The molecule has 1 atom stereocenters. The number of benzene rings is 1. The van der Waals surface area contributed by atoms with Crippen LogP contribution in [0, 0.1) is 0 Å². The van der Waals surface area contributed by atoms with Crippen LogP contribution in [0.4, 0.5) is 0 Å². The number of rotatable bonds is 5. The summed E-state index contributed by atoms with van der Waals surface area (Å²) < 4.78 is 0. The summed E-state index contributed by atoms with van der Waals surface area (Å²) in [5.74, 6) is 0. The molecule has 2 heteroatoms. The second-order valence-corrected chi connectivity index (χ2v) is 7.40. The predicted octanol–water partition coefficient (Wildman–Crippen LogP) is 4.34. The smallest absolute Gasteiger partial charge is 0.0239 e. The van der Waals surface area contributed by atoms with Crippen LogP contribution < -0.4 is 5.32 Å². The number of nitrogens with zero attached hydrogens (tertiary/aromatic N) is 1. The van der Waals surface area contributed by atoms with Crippen LogP contribution in [0.15, 0.2) is 24.3 Å². The fraction of sp³-hybridized carbons (Fsp3) is 0.684. The lowest BCUT2D eigenvalue weighted by molar-refractivity contribution is 0.135. The quantitative estimate of drug-likeness (QED) is 0.867. The molecule has 1 N–H and O–H groups in total. The van der Waals surface area contributed by atoms with Gasteiger partial charge in [0.05, 0.1) is 0 Å². The Kier molecular flexibility index (Phi) is 5.83. The van der Waals surface area contributed by atoms with Gasteiger partial charge in [-0.1, -0.05) is 37.6 Å². The highest BCUT2D eigenvalue weighted by Crippen LogP contribution is 2.23. The average Bonchev–Trinajstić information content (AvgIpc) is 2.46. The van der Waals surface area contributed by atoms with Crippen molar-refractivity contribution < 1.29 is 0 Å². The van der Waals surface area contributed by atoms with Crippen LogP contribution in [0.25, 0.3) is 0 Å². The normalized spacial score (nSPS) is 20.7. The van der Waals surface area contributed by atoms with Crippen LogP contribution in [0.3, 0.4) is 0 Å². The summed E-state index contributed by atoms with van der Waals surface area (Å²) in [5, 5.41) is 3.62. The molecule has 0 bridgehead atoms. The van der Waals surface area contributed by atoms with Crippen LogP contribution in [0.1, 0.15) is 64.5 Å². The molecule has 118 valence electrons. The third-order valence-corrected chi connectivity index (χ3v) is 4.52. The van der Waals surface area contributed by atoms with E-state index in [0.717, 1.165) is 19.1 Å². The molecule has 0 spiro atoms. The van der Waals surface area contributed by atoms with Gasteiger partial charge in [-0.15, -0.1) is 0 Å². The van der Waals surface area contributed by atoms with Crippen molar-refractivity contribution >= 4 is 0 Å². The van der Waals surface area contributed by atoms with Crippen LogP contribution >= 0.6 is 0 Å². The summed E-state index contributed by atoms with van der Waals surface area (Å²) in [6, 6.07) is 9.71. The summed E-state index contributed by atoms with van der Waals surface area (Å²) in [4.78, 5) is 2.69. The van der Waals surface area contributed by atoms with Crippen LogP contribution in [-0.4, -0.2) is 23.0 Å². The fourth-order valence-corrected chi connectivity index (χ4v) is 3.19. The van der Waals surface area contributed by atoms with E-state index in [1.165, 1.54) is 43.4 Å². The van der Waals surface area contributed by atoms with Gasteiger partial charge in [0, 0.05) is 24.7 Å². The van der Waals surface area contributed by atoms with Crippen molar-refractivity contribution in [2.45, 2.75) is 78.0 Å². The molecule has 1 aromatic carbocycles. The van der Waals surface area contributed by atoms with Crippen molar-refractivity contribution in [2.24, 2.45) is 0 Å². The fourth-order valence-electron chi connectivity index (χ4n) is 3.19. The van der Waals surface area contributed by atoms with Crippen molar-refractivity contribution in [1.29, 1.82) is 0 Å². The van der Waals surface area contributed by atoms with Crippen LogP contribution in [-0.2, 0) is 13.1 Å². The Labute approximate surface area is 130 Å². The summed E-state index contributed by atoms with van der Waals surface area (Å²) in [6.45, 7) is 12.4. The minimum absolute atomic E-state index is 0.171. The minimum atomic E-state index is 0.171. The number of hydrogen-bond acceptors (Lipinski definition) is 2. The molecule has 0 radical (unpaired) electrons. The van der Waals surface area contributed by atoms with Crippen LogP contribution in [0.2, 0.25) is 0 Å². The molecule has 1 aliphatic heterocycles. The van der Waals surface area contributed by atoms with Gasteiger partial charge >= 0.3 is 0 Å². The molecule has 1 saturated heterocycles. The standard InChI is InChI=1S/C19H32N2/c1-5-18-12-8-9-13-21(18)15-17-11-7-6-10-16(17)14-20-19(2,3)4/h6-7,10-11,18,20H,5,8-9,12-15H2,1-4H3. The van der Waals surface area contributed by atoms with E-state index in [9.17, 15) is 0 Å². The van der Waals surface area contributed by atoms with Gasteiger partial charge in [-0.3, -0.25) is 4.90 Å². The molecular formula is C19H32N2. The monoisotopic (exact) mass is 288 g/mol. The maximum atomic E-state index is 3.62. The highest BCUT2D eigenvalue weighted by atomic mass is 15.2. The van der Waals surface area contributed by atoms with Gasteiger partial charge in [-0.25, -0.2) is 0 Å². The third-order valence-electron chi connectivity index (χ3n) is 4.52. The van der Waals surface area contributed by atoms with Gasteiger partial charge in [0.15, 0.2) is 0 Å². The van der Waals surface area contributed by atoms with Crippen molar-refractivity contribution in [1.82, 2.24) is 10.2 Å². The number of nitrogens with one attached hydrogen (secondary N) is 1. The molecule has 1 aliphatic rings. The highest BCUT2D eigenvalue weighted by molar-refractivity contribution is 5.27. The SMILES string of the molecule is CCC1CCCCN1Cc1ccccc1CNC(C)(C)C. The molecule has 0 aliphatic carbocycles. The van der Waals surface area contributed by atoms with Crippen molar-refractivity contribution in [3.8, 4) is 0 Å². The van der Waals surface area contributed by atoms with Gasteiger partial charge in [0.1, 0.15) is 0 Å². The largest absolute Gasteiger partial charge is 0.308 e. The van der Waals surface area contributed by atoms with Gasteiger partial charge in [0.2, 0.25) is 0 Å². The van der Waals surface area contributed by atoms with E-state index in [-0.39, 0.29) is 5.54 Å². The van der Waals surface area contributed by atoms with Crippen molar-refractivity contribution in [3.05, 3.63) is 35.4 Å². The Hall–Kier alpha value is -0.860. The summed E-state index contributed by atoms with van der Waals surface area (Å²) in [5.41, 5.74) is 3.12. The maximum absolute atomic E-state index is 3.62. The van der Waals surface area contributed by atoms with Gasteiger partial charge < -0.3 is 5.32 Å². The Morgan fingerprint density at radius 3 is 2.52 bits per heavy atom. The molecule has 1 fully saturated rings. The molecule has 1 unspecified atom stereocenters. The molecular weight excluding hydrogens is 256 g/mol. The van der Waals surface area contributed by atoms with Gasteiger partial charge in [-0.05, 0) is 57.7 Å². The Morgan fingerprint density at radius 1 is 1.14 bits per heavy atom. The topological polar surface area (TPSA) is 15.3 Å². The van der Waals surface area contributed by atoms with Crippen molar-refractivity contribution in [3.63, 3.8) is 0 Å². The first kappa shape index (κ1) is 16.5. The molecule has 0 amide bonds. The van der Waals surface area contributed by atoms with Crippen molar-refractivity contribution in [2.75, 3.05) is 6.54 Å². The van der Waals surface area contributed by atoms with E-state index in [1.54, 1.807) is 0 Å². The molecule has 0 saturated carbocycles. The zero-order valence-corrected chi connectivity index (χ0v) is 14.3. The van der Waals surface area contributed by atoms with E-state index in [0.29, 0.717) is 0 Å². The second-order valence-electron chi connectivity index (χ2n) is 7.40. The van der Waals surface area contributed by atoms with E-state index in [4.69, 9.17) is 0 Å². The predicted molar refractivity (Wildman–Crippen MR) is 91.4 cm³/mol. The second kappa shape index (κ2) is 7.42. The summed E-state index contributed by atoms with van der Waals surface area (Å²) in [6.07, 6.45) is 5.42. The lowest BCUT2D eigenvalue weighted by Gasteiger charge is -2.35. The highest BCUT2D eigenvalue weighted by Gasteiger charge is 2.21. The molecule has 0 aromatic heterocycles. The summed E-state index contributed by atoms with van der Waals surface area (Å²) in [7, 11) is 0.